The van der Waals surface area contributed by atoms with E-state index in [1.807, 2.05) is 0 Å². The minimum Gasteiger partial charge on any atom is -0.465 e. The molecule has 0 unspecified atom stereocenters. The standard InChI is InChI=1S/C14H17N3O4S/c1-20-13(19)10-3-2-9(8-11(10)16-14(15)22)12(18)17-4-6-21-7-5-17/h2-3,8H,4-7H2,1H3,(H3,15,16,22). The van der Waals surface area contributed by atoms with Crippen molar-refractivity contribution < 1.29 is 19.1 Å². The highest BCUT2D eigenvalue weighted by atomic mass is 32.1. The number of thiocarbonyl (C=S) groups is 1. The number of ether oxygens (including phenoxy) is 2. The first-order valence-corrected chi connectivity index (χ1v) is 7.09. The molecule has 0 aliphatic carbocycles. The average Bonchev–Trinajstić information content (AvgIpc) is 2.53. The fraction of sp³-hybridized carbons (Fsp3) is 0.357. The van der Waals surface area contributed by atoms with Gasteiger partial charge in [-0.25, -0.2) is 4.79 Å². The number of esters is 1. The van der Waals surface area contributed by atoms with E-state index < -0.39 is 5.97 Å². The van der Waals surface area contributed by atoms with Crippen LogP contribution in [0.25, 0.3) is 0 Å². The lowest BCUT2D eigenvalue weighted by molar-refractivity contribution is 0.0303. The number of carbonyl (C=O) groups excluding carboxylic acids is 2. The van der Waals surface area contributed by atoms with E-state index >= 15 is 0 Å². The average molecular weight is 323 g/mol. The molecular weight excluding hydrogens is 306 g/mol. The SMILES string of the molecule is COC(=O)c1ccc(C(=O)N2CCOCC2)cc1NC(N)=S. The summed E-state index contributed by atoms with van der Waals surface area (Å²) in [5, 5.41) is 2.70. The van der Waals surface area contributed by atoms with Crippen LogP contribution >= 0.6 is 12.2 Å². The van der Waals surface area contributed by atoms with Crippen molar-refractivity contribution in [1.82, 2.24) is 4.90 Å². The first kappa shape index (κ1) is 16.2. The Labute approximate surface area is 133 Å². The van der Waals surface area contributed by atoms with Gasteiger partial charge in [0.2, 0.25) is 0 Å². The summed E-state index contributed by atoms with van der Waals surface area (Å²) >= 11 is 4.80. The van der Waals surface area contributed by atoms with E-state index in [-0.39, 0.29) is 16.6 Å². The maximum Gasteiger partial charge on any atom is 0.339 e. The van der Waals surface area contributed by atoms with Crippen molar-refractivity contribution in [3.63, 3.8) is 0 Å². The molecule has 1 heterocycles. The summed E-state index contributed by atoms with van der Waals surface area (Å²) in [6.07, 6.45) is 0. The van der Waals surface area contributed by atoms with Crippen LogP contribution < -0.4 is 11.1 Å². The summed E-state index contributed by atoms with van der Waals surface area (Å²) < 4.78 is 9.93. The zero-order valence-corrected chi connectivity index (χ0v) is 12.9. The Morgan fingerprint density at radius 3 is 2.64 bits per heavy atom. The van der Waals surface area contributed by atoms with Crippen LogP contribution in [-0.4, -0.2) is 55.3 Å². The Kier molecular flexibility index (Phi) is 5.29. The second-order valence-corrected chi connectivity index (χ2v) is 5.09. The Balaban J connectivity index is 2.30. The zero-order valence-electron chi connectivity index (χ0n) is 12.1. The molecule has 1 saturated heterocycles. The van der Waals surface area contributed by atoms with Crippen LogP contribution in [0.2, 0.25) is 0 Å². The lowest BCUT2D eigenvalue weighted by Gasteiger charge is -2.27. The van der Waals surface area contributed by atoms with Gasteiger partial charge in [-0.3, -0.25) is 4.79 Å². The van der Waals surface area contributed by atoms with Crippen molar-refractivity contribution in [3.05, 3.63) is 29.3 Å². The number of nitrogens with two attached hydrogens (primary N) is 1. The number of nitrogens with zero attached hydrogens (tertiary/aromatic N) is 1. The second kappa shape index (κ2) is 7.19. The van der Waals surface area contributed by atoms with Crippen LogP contribution in [0.4, 0.5) is 5.69 Å². The first-order chi connectivity index (χ1) is 10.5. The molecule has 7 nitrogen and oxygen atoms in total. The fourth-order valence-electron chi connectivity index (χ4n) is 2.15. The number of methoxy groups -OCH3 is 1. The summed E-state index contributed by atoms with van der Waals surface area (Å²) in [6.45, 7) is 2.11. The van der Waals surface area contributed by atoms with E-state index in [9.17, 15) is 9.59 Å². The van der Waals surface area contributed by atoms with E-state index in [0.29, 0.717) is 37.6 Å². The number of hydrogen-bond acceptors (Lipinski definition) is 5. The number of benzene rings is 1. The molecule has 0 radical (unpaired) electrons. The van der Waals surface area contributed by atoms with E-state index in [0.717, 1.165) is 0 Å². The van der Waals surface area contributed by atoms with Gasteiger partial charge in [-0.15, -0.1) is 0 Å². The fourth-order valence-corrected chi connectivity index (χ4v) is 2.26. The molecule has 2 rings (SSSR count). The van der Waals surface area contributed by atoms with Gasteiger partial charge in [-0.05, 0) is 30.4 Å². The number of rotatable bonds is 3. The van der Waals surface area contributed by atoms with Gasteiger partial charge in [0.05, 0.1) is 31.6 Å². The maximum absolute atomic E-state index is 12.5. The van der Waals surface area contributed by atoms with Crippen molar-refractivity contribution in [2.24, 2.45) is 5.73 Å². The van der Waals surface area contributed by atoms with Crippen LogP contribution in [0.1, 0.15) is 20.7 Å². The van der Waals surface area contributed by atoms with E-state index in [2.05, 4.69) is 5.32 Å². The Morgan fingerprint density at radius 2 is 2.05 bits per heavy atom. The van der Waals surface area contributed by atoms with Crippen LogP contribution in [0, 0.1) is 0 Å². The minimum absolute atomic E-state index is 0.00104. The van der Waals surface area contributed by atoms with Gasteiger partial charge in [0, 0.05) is 18.7 Å². The highest BCUT2D eigenvalue weighted by molar-refractivity contribution is 7.80. The number of amides is 1. The van der Waals surface area contributed by atoms with Crippen LogP contribution in [0.15, 0.2) is 18.2 Å². The molecule has 8 heteroatoms. The molecule has 1 aliphatic rings. The van der Waals surface area contributed by atoms with Crippen LogP contribution in [0.3, 0.4) is 0 Å². The third kappa shape index (κ3) is 3.71. The molecule has 3 N–H and O–H groups in total. The van der Waals surface area contributed by atoms with Gasteiger partial charge in [0.25, 0.3) is 5.91 Å². The van der Waals surface area contributed by atoms with E-state index in [1.54, 1.807) is 17.0 Å². The smallest absolute Gasteiger partial charge is 0.339 e. The molecule has 0 atom stereocenters. The highest BCUT2D eigenvalue weighted by Crippen LogP contribution is 2.20. The molecule has 0 spiro atoms. The highest BCUT2D eigenvalue weighted by Gasteiger charge is 2.21. The molecule has 0 bridgehead atoms. The quantitative estimate of drug-likeness (QED) is 0.621. The largest absolute Gasteiger partial charge is 0.465 e. The van der Waals surface area contributed by atoms with Crippen molar-refractivity contribution in [2.75, 3.05) is 38.7 Å². The van der Waals surface area contributed by atoms with Crippen molar-refractivity contribution in [2.45, 2.75) is 0 Å². The summed E-state index contributed by atoms with van der Waals surface area (Å²) in [7, 11) is 1.28. The van der Waals surface area contributed by atoms with Gasteiger partial charge in [0.1, 0.15) is 0 Å². The second-order valence-electron chi connectivity index (χ2n) is 4.65. The first-order valence-electron chi connectivity index (χ1n) is 6.68. The molecule has 1 aliphatic heterocycles. The van der Waals surface area contributed by atoms with Crippen molar-refractivity contribution in [1.29, 1.82) is 0 Å². The van der Waals surface area contributed by atoms with Crippen LogP contribution in [0.5, 0.6) is 0 Å². The normalized spacial score (nSPS) is 14.3. The van der Waals surface area contributed by atoms with Gasteiger partial charge >= 0.3 is 5.97 Å². The summed E-state index contributed by atoms with van der Waals surface area (Å²) in [4.78, 5) is 25.9. The summed E-state index contributed by atoms with van der Waals surface area (Å²) in [6, 6.07) is 4.64. The molecule has 1 aromatic carbocycles. The van der Waals surface area contributed by atoms with Gasteiger partial charge in [-0.1, -0.05) is 0 Å². The molecule has 118 valence electrons. The molecule has 0 saturated carbocycles. The van der Waals surface area contributed by atoms with Gasteiger partial charge in [0.15, 0.2) is 5.11 Å². The number of hydrogen-bond donors (Lipinski definition) is 2. The zero-order chi connectivity index (χ0) is 16.1. The molecular formula is C14H17N3O4S. The van der Waals surface area contributed by atoms with E-state index in [1.165, 1.54) is 13.2 Å². The molecule has 1 aromatic rings. The van der Waals surface area contributed by atoms with Gasteiger partial charge in [-0.2, -0.15) is 0 Å². The monoisotopic (exact) mass is 323 g/mol. The predicted octanol–water partition coefficient (Wildman–Crippen LogP) is 0.601. The number of anilines is 1. The molecule has 1 amide bonds. The maximum atomic E-state index is 12.5. The summed E-state index contributed by atoms with van der Waals surface area (Å²) in [5.41, 5.74) is 6.50. The lowest BCUT2D eigenvalue weighted by atomic mass is 10.1. The third-order valence-corrected chi connectivity index (χ3v) is 3.33. The molecule has 0 aromatic heterocycles. The number of nitrogens with one attached hydrogen (secondary N) is 1. The van der Waals surface area contributed by atoms with Crippen LogP contribution in [-0.2, 0) is 9.47 Å². The van der Waals surface area contributed by atoms with E-state index in [4.69, 9.17) is 27.4 Å². The van der Waals surface area contributed by atoms with Crippen molar-refractivity contribution >= 4 is 34.9 Å². The topological polar surface area (TPSA) is 93.9 Å². The van der Waals surface area contributed by atoms with Gasteiger partial charge < -0.3 is 25.4 Å². The molecule has 22 heavy (non-hydrogen) atoms. The Hall–Kier alpha value is -2.19. The Morgan fingerprint density at radius 1 is 1.36 bits per heavy atom. The summed E-state index contributed by atoms with van der Waals surface area (Å²) in [5.74, 6) is -0.671. The number of morpholine rings is 1. The lowest BCUT2D eigenvalue weighted by Crippen LogP contribution is -2.40. The minimum atomic E-state index is -0.538. The van der Waals surface area contributed by atoms with Crippen molar-refractivity contribution in [3.8, 4) is 0 Å². The Bertz CT molecular complexity index is 600. The number of carbonyl (C=O) groups is 2. The molecule has 1 fully saturated rings. The predicted molar refractivity (Wildman–Crippen MR) is 84.9 cm³/mol. The third-order valence-electron chi connectivity index (χ3n) is 3.23.